The Balaban J connectivity index is 1.40. The highest BCUT2D eigenvalue weighted by atomic mass is 16.2. The molecule has 2 fully saturated rings. The number of imide groups is 2. The lowest BCUT2D eigenvalue weighted by Crippen LogP contribution is -2.67. The third-order valence-electron chi connectivity index (χ3n) is 8.42. The number of pyridine rings is 1. The SMILES string of the molecule is CN1C(=O)N(C)C(=O)C(Cc2cccc3ccccc23)(CN2C[C@@H]3C[C@H](C2)c2cccc(=O)n2C3)C1=O. The van der Waals surface area contributed by atoms with Gasteiger partial charge in [0.25, 0.3) is 5.56 Å². The van der Waals surface area contributed by atoms with E-state index in [9.17, 15) is 19.2 Å². The number of likely N-dealkylation sites (tertiary alicyclic amines) is 1. The van der Waals surface area contributed by atoms with Crippen LogP contribution in [0.2, 0.25) is 0 Å². The number of carbonyl (C=O) groups is 3. The number of hydrogen-bond donors (Lipinski definition) is 0. The van der Waals surface area contributed by atoms with Crippen molar-refractivity contribution in [1.29, 1.82) is 0 Å². The maximum absolute atomic E-state index is 13.9. The van der Waals surface area contributed by atoms with Crippen LogP contribution in [0.3, 0.4) is 0 Å². The molecule has 4 amide bonds. The molecule has 4 heterocycles. The number of urea groups is 1. The third-order valence-corrected chi connectivity index (χ3v) is 8.42. The van der Waals surface area contributed by atoms with Crippen LogP contribution in [-0.4, -0.2) is 70.8 Å². The lowest BCUT2D eigenvalue weighted by molar-refractivity contribution is -0.159. The van der Waals surface area contributed by atoms with Crippen LogP contribution in [-0.2, 0) is 22.6 Å². The summed E-state index contributed by atoms with van der Waals surface area (Å²) in [6, 6.07) is 18.7. The Hall–Kier alpha value is -3.78. The molecule has 8 heteroatoms. The fourth-order valence-electron chi connectivity index (χ4n) is 6.75. The minimum atomic E-state index is -1.43. The summed E-state index contributed by atoms with van der Waals surface area (Å²) in [6.07, 6.45) is 1.19. The monoisotopic (exact) mass is 498 g/mol. The van der Waals surface area contributed by atoms with Crippen LogP contribution in [0, 0.1) is 11.3 Å². The van der Waals surface area contributed by atoms with Gasteiger partial charge in [-0.1, -0.05) is 48.5 Å². The van der Waals surface area contributed by atoms with E-state index >= 15 is 0 Å². The van der Waals surface area contributed by atoms with Crippen molar-refractivity contribution in [1.82, 2.24) is 19.3 Å². The summed E-state index contributed by atoms with van der Waals surface area (Å²) in [4.78, 5) is 57.3. The van der Waals surface area contributed by atoms with Crippen molar-refractivity contribution in [2.24, 2.45) is 11.3 Å². The van der Waals surface area contributed by atoms with Crippen LogP contribution in [0.4, 0.5) is 4.79 Å². The predicted octanol–water partition coefficient (Wildman–Crippen LogP) is 2.70. The van der Waals surface area contributed by atoms with Crippen LogP contribution < -0.4 is 5.56 Å². The van der Waals surface area contributed by atoms with E-state index in [1.165, 1.54) is 14.1 Å². The van der Waals surface area contributed by atoms with Gasteiger partial charge >= 0.3 is 6.03 Å². The highest BCUT2D eigenvalue weighted by Crippen LogP contribution is 2.40. The van der Waals surface area contributed by atoms with Gasteiger partial charge in [0, 0.05) is 58.0 Å². The molecule has 0 saturated carbocycles. The van der Waals surface area contributed by atoms with Gasteiger partial charge in [-0.15, -0.1) is 0 Å². The van der Waals surface area contributed by atoms with Crippen LogP contribution in [0.15, 0.2) is 65.5 Å². The van der Waals surface area contributed by atoms with Crippen molar-refractivity contribution >= 4 is 28.6 Å². The second-order valence-corrected chi connectivity index (χ2v) is 10.8. The Labute approximate surface area is 215 Å². The molecule has 6 rings (SSSR count). The molecule has 2 atom stereocenters. The van der Waals surface area contributed by atoms with Crippen LogP contribution in [0.5, 0.6) is 0 Å². The zero-order chi connectivity index (χ0) is 25.9. The first-order chi connectivity index (χ1) is 17.8. The molecule has 8 nitrogen and oxygen atoms in total. The van der Waals surface area contributed by atoms with Crippen molar-refractivity contribution in [3.8, 4) is 0 Å². The van der Waals surface area contributed by atoms with E-state index in [4.69, 9.17) is 0 Å². The van der Waals surface area contributed by atoms with Gasteiger partial charge in [-0.05, 0) is 41.2 Å². The van der Waals surface area contributed by atoms with Crippen LogP contribution in [0.25, 0.3) is 10.8 Å². The summed E-state index contributed by atoms with van der Waals surface area (Å²) in [7, 11) is 2.91. The van der Waals surface area contributed by atoms with Gasteiger partial charge in [0.15, 0.2) is 0 Å². The number of fused-ring (bicyclic) bond motifs is 5. The third kappa shape index (κ3) is 3.70. The molecule has 1 aromatic heterocycles. The van der Waals surface area contributed by atoms with Crippen molar-refractivity contribution in [2.75, 3.05) is 33.7 Å². The normalized spacial score (nSPS) is 23.5. The van der Waals surface area contributed by atoms with Gasteiger partial charge in [-0.3, -0.25) is 24.2 Å². The molecule has 2 saturated heterocycles. The molecule has 37 heavy (non-hydrogen) atoms. The zero-order valence-corrected chi connectivity index (χ0v) is 21.1. The maximum Gasteiger partial charge on any atom is 0.332 e. The number of piperidine rings is 1. The summed E-state index contributed by atoms with van der Waals surface area (Å²) < 4.78 is 1.87. The highest BCUT2D eigenvalue weighted by Gasteiger charge is 2.56. The van der Waals surface area contributed by atoms with E-state index in [-0.39, 0.29) is 30.4 Å². The number of hydrogen-bond acceptors (Lipinski definition) is 5. The quantitative estimate of drug-likeness (QED) is 0.517. The topological polar surface area (TPSA) is 82.9 Å². The van der Waals surface area contributed by atoms with E-state index in [0.717, 1.165) is 38.3 Å². The Morgan fingerprint density at radius 2 is 1.51 bits per heavy atom. The summed E-state index contributed by atoms with van der Waals surface area (Å²) in [5.74, 6) is -0.504. The van der Waals surface area contributed by atoms with Crippen molar-refractivity contribution in [3.05, 3.63) is 82.3 Å². The number of aromatic nitrogens is 1. The van der Waals surface area contributed by atoms with E-state index in [1.807, 2.05) is 53.1 Å². The number of carbonyl (C=O) groups excluding carboxylic acids is 3. The molecule has 0 N–H and O–H groups in total. The Kier molecular flexibility index (Phi) is 5.53. The molecular weight excluding hydrogens is 468 g/mol. The number of rotatable bonds is 4. The highest BCUT2D eigenvalue weighted by molar-refractivity contribution is 6.19. The van der Waals surface area contributed by atoms with Crippen molar-refractivity contribution < 1.29 is 14.4 Å². The van der Waals surface area contributed by atoms with Crippen LogP contribution in [0.1, 0.15) is 23.6 Å². The van der Waals surface area contributed by atoms with Gasteiger partial charge in [0.2, 0.25) is 11.8 Å². The zero-order valence-electron chi connectivity index (χ0n) is 21.1. The number of barbiturate groups is 1. The summed E-state index contributed by atoms with van der Waals surface area (Å²) in [5.41, 5.74) is 0.517. The lowest BCUT2D eigenvalue weighted by Gasteiger charge is -2.48. The van der Waals surface area contributed by atoms with E-state index in [0.29, 0.717) is 19.6 Å². The molecule has 0 unspecified atom stereocenters. The predicted molar refractivity (Wildman–Crippen MR) is 139 cm³/mol. The molecule has 0 radical (unpaired) electrons. The van der Waals surface area contributed by atoms with Gasteiger partial charge in [-0.2, -0.15) is 0 Å². The molecule has 2 aromatic carbocycles. The molecular formula is C29H30N4O4. The molecule has 3 aliphatic heterocycles. The number of benzene rings is 2. The van der Waals surface area contributed by atoms with Crippen molar-refractivity contribution in [3.63, 3.8) is 0 Å². The van der Waals surface area contributed by atoms with Gasteiger partial charge in [0.1, 0.15) is 5.41 Å². The van der Waals surface area contributed by atoms with Gasteiger partial charge in [0.05, 0.1) is 0 Å². The van der Waals surface area contributed by atoms with Gasteiger partial charge < -0.3 is 9.47 Å². The summed E-state index contributed by atoms with van der Waals surface area (Å²) >= 11 is 0. The van der Waals surface area contributed by atoms with Crippen molar-refractivity contribution in [2.45, 2.75) is 25.3 Å². The molecule has 0 spiro atoms. The molecule has 2 bridgehead atoms. The first-order valence-electron chi connectivity index (χ1n) is 12.8. The average molecular weight is 499 g/mol. The Bertz CT molecular complexity index is 1470. The first kappa shape index (κ1) is 23.6. The molecule has 3 aliphatic rings. The van der Waals surface area contributed by atoms with E-state index in [2.05, 4.69) is 4.90 Å². The smallest absolute Gasteiger partial charge is 0.312 e. The lowest BCUT2D eigenvalue weighted by atomic mass is 9.74. The Morgan fingerprint density at radius 1 is 0.811 bits per heavy atom. The second-order valence-electron chi connectivity index (χ2n) is 10.8. The maximum atomic E-state index is 13.9. The first-order valence-corrected chi connectivity index (χ1v) is 12.8. The van der Waals surface area contributed by atoms with Crippen LogP contribution >= 0.6 is 0 Å². The fraction of sp³-hybridized carbons (Fsp3) is 0.379. The van der Waals surface area contributed by atoms with E-state index in [1.54, 1.807) is 12.1 Å². The molecule has 190 valence electrons. The minimum absolute atomic E-state index is 0.0208. The number of nitrogens with zero attached hydrogens (tertiary/aromatic N) is 4. The van der Waals surface area contributed by atoms with E-state index < -0.39 is 23.3 Å². The minimum Gasteiger partial charge on any atom is -0.312 e. The second kappa shape index (κ2) is 8.66. The number of amides is 4. The largest absolute Gasteiger partial charge is 0.332 e. The summed E-state index contributed by atoms with van der Waals surface area (Å²) in [6.45, 7) is 2.20. The molecule has 3 aromatic rings. The average Bonchev–Trinajstić information content (AvgIpc) is 2.90. The summed E-state index contributed by atoms with van der Waals surface area (Å²) in [5, 5.41) is 2.04. The fourth-order valence-corrected chi connectivity index (χ4v) is 6.75. The van der Waals surface area contributed by atoms with Gasteiger partial charge in [-0.25, -0.2) is 4.79 Å². The standard InChI is InChI=1S/C29H30N4O4/c1-30-26(35)29(27(36)31(2)28(30)37,14-21-9-5-8-20-7-3-4-10-23(20)21)18-32-15-19-13-22(17-32)24-11-6-12-25(34)33(24)16-19/h3-12,19,22H,13-18H2,1-2H3/t19-,22+/m0/s1. The molecule has 0 aliphatic carbocycles. The Morgan fingerprint density at radius 3 is 2.30 bits per heavy atom.